The largest absolute Gasteiger partial charge is 0.491 e. The molecule has 19 heavy (non-hydrogen) atoms. The van der Waals surface area contributed by atoms with E-state index in [1.165, 1.54) is 18.4 Å². The summed E-state index contributed by atoms with van der Waals surface area (Å²) in [5, 5.41) is 12.1. The minimum atomic E-state index is 0. The van der Waals surface area contributed by atoms with Crippen LogP contribution >= 0.6 is 12.4 Å². The van der Waals surface area contributed by atoms with Crippen molar-refractivity contribution in [2.45, 2.75) is 25.5 Å². The van der Waals surface area contributed by atoms with Crippen molar-refractivity contribution < 1.29 is 14.6 Å². The summed E-state index contributed by atoms with van der Waals surface area (Å²) < 4.78 is 10.9. The van der Waals surface area contributed by atoms with E-state index in [9.17, 15) is 0 Å². The third kappa shape index (κ3) is 5.78. The standard InChI is InChI=1S/C14H21NO3.ClH/c16-7-9-18-13-5-3-12(4-6-13)10-15-11-14-2-1-8-17-14;/h3-6,14-16H,1-2,7-11H2;1H. The lowest BCUT2D eigenvalue weighted by Gasteiger charge is -2.11. The van der Waals surface area contributed by atoms with Gasteiger partial charge < -0.3 is 19.9 Å². The van der Waals surface area contributed by atoms with E-state index in [4.69, 9.17) is 14.6 Å². The zero-order valence-corrected chi connectivity index (χ0v) is 11.8. The predicted molar refractivity (Wildman–Crippen MR) is 77.0 cm³/mol. The van der Waals surface area contributed by atoms with Gasteiger partial charge in [0, 0.05) is 19.7 Å². The maximum atomic E-state index is 8.66. The normalized spacial score (nSPS) is 18.1. The molecule has 1 saturated heterocycles. The average molecular weight is 288 g/mol. The zero-order valence-electron chi connectivity index (χ0n) is 11.0. The highest BCUT2D eigenvalue weighted by molar-refractivity contribution is 5.85. The number of benzene rings is 1. The van der Waals surface area contributed by atoms with Crippen molar-refractivity contribution in [1.29, 1.82) is 0 Å². The van der Waals surface area contributed by atoms with Crippen LogP contribution in [0.5, 0.6) is 5.75 Å². The van der Waals surface area contributed by atoms with Crippen molar-refractivity contribution in [2.24, 2.45) is 0 Å². The lowest BCUT2D eigenvalue weighted by atomic mass is 10.2. The third-order valence-corrected chi connectivity index (χ3v) is 3.01. The van der Waals surface area contributed by atoms with Gasteiger partial charge >= 0.3 is 0 Å². The van der Waals surface area contributed by atoms with Crippen LogP contribution in [-0.2, 0) is 11.3 Å². The van der Waals surface area contributed by atoms with Crippen LogP contribution in [0.1, 0.15) is 18.4 Å². The monoisotopic (exact) mass is 287 g/mol. The fourth-order valence-electron chi connectivity index (χ4n) is 2.05. The van der Waals surface area contributed by atoms with Gasteiger partial charge in [-0.3, -0.25) is 0 Å². The summed E-state index contributed by atoms with van der Waals surface area (Å²) in [6.45, 7) is 3.06. The smallest absolute Gasteiger partial charge is 0.119 e. The Morgan fingerprint density at radius 1 is 1.32 bits per heavy atom. The van der Waals surface area contributed by atoms with Gasteiger partial charge in [-0.25, -0.2) is 0 Å². The van der Waals surface area contributed by atoms with E-state index in [1.54, 1.807) is 0 Å². The molecule has 1 fully saturated rings. The van der Waals surface area contributed by atoms with Crippen LogP contribution < -0.4 is 10.1 Å². The van der Waals surface area contributed by atoms with Crippen molar-refractivity contribution in [1.82, 2.24) is 5.32 Å². The molecule has 1 aliphatic rings. The van der Waals surface area contributed by atoms with Gasteiger partial charge in [0.2, 0.25) is 0 Å². The maximum absolute atomic E-state index is 8.66. The van der Waals surface area contributed by atoms with Crippen LogP contribution in [0.25, 0.3) is 0 Å². The Balaban J connectivity index is 0.00000180. The first-order chi connectivity index (χ1) is 8.88. The van der Waals surface area contributed by atoms with E-state index >= 15 is 0 Å². The van der Waals surface area contributed by atoms with Crippen LogP contribution in [0.15, 0.2) is 24.3 Å². The molecule has 0 aliphatic carbocycles. The highest BCUT2D eigenvalue weighted by Crippen LogP contribution is 2.13. The summed E-state index contributed by atoms with van der Waals surface area (Å²) >= 11 is 0. The summed E-state index contributed by atoms with van der Waals surface area (Å²) in [7, 11) is 0. The fourth-order valence-corrected chi connectivity index (χ4v) is 2.05. The van der Waals surface area contributed by atoms with Gasteiger partial charge in [-0.2, -0.15) is 0 Å². The molecule has 1 unspecified atom stereocenters. The van der Waals surface area contributed by atoms with Gasteiger partial charge in [0.15, 0.2) is 0 Å². The number of ether oxygens (including phenoxy) is 2. The Labute approximate surface area is 120 Å². The zero-order chi connectivity index (χ0) is 12.6. The van der Waals surface area contributed by atoms with E-state index in [2.05, 4.69) is 5.32 Å². The summed E-state index contributed by atoms with van der Waals surface area (Å²) in [5.41, 5.74) is 1.23. The van der Waals surface area contributed by atoms with Gasteiger partial charge in [-0.1, -0.05) is 12.1 Å². The molecular weight excluding hydrogens is 266 g/mol. The van der Waals surface area contributed by atoms with Gasteiger partial charge in [0.1, 0.15) is 12.4 Å². The first-order valence-corrected chi connectivity index (χ1v) is 6.53. The van der Waals surface area contributed by atoms with Crippen molar-refractivity contribution >= 4 is 12.4 Å². The second-order valence-corrected chi connectivity index (χ2v) is 4.48. The van der Waals surface area contributed by atoms with Crippen molar-refractivity contribution in [3.63, 3.8) is 0 Å². The molecule has 0 spiro atoms. The fraction of sp³-hybridized carbons (Fsp3) is 0.571. The Morgan fingerprint density at radius 3 is 2.74 bits per heavy atom. The Morgan fingerprint density at radius 2 is 2.11 bits per heavy atom. The topological polar surface area (TPSA) is 50.7 Å². The number of aliphatic hydroxyl groups excluding tert-OH is 1. The minimum Gasteiger partial charge on any atom is -0.491 e. The van der Waals surface area contributed by atoms with E-state index < -0.39 is 0 Å². The van der Waals surface area contributed by atoms with Crippen LogP contribution in [0.2, 0.25) is 0 Å². The molecule has 1 aliphatic heterocycles. The molecule has 4 nitrogen and oxygen atoms in total. The highest BCUT2D eigenvalue weighted by atomic mass is 35.5. The molecule has 0 amide bonds. The molecule has 2 rings (SSSR count). The average Bonchev–Trinajstić information content (AvgIpc) is 2.91. The molecule has 5 heteroatoms. The molecule has 1 aromatic carbocycles. The SMILES string of the molecule is Cl.OCCOc1ccc(CNCC2CCCO2)cc1. The van der Waals surface area contributed by atoms with E-state index in [-0.39, 0.29) is 19.0 Å². The molecule has 2 N–H and O–H groups in total. The molecule has 0 bridgehead atoms. The van der Waals surface area contributed by atoms with Crippen molar-refractivity contribution in [2.75, 3.05) is 26.4 Å². The molecule has 1 atom stereocenters. The van der Waals surface area contributed by atoms with E-state index in [1.807, 2.05) is 24.3 Å². The molecular formula is C14H22ClNO3. The van der Waals surface area contributed by atoms with E-state index in [0.717, 1.165) is 25.4 Å². The summed E-state index contributed by atoms with van der Waals surface area (Å²) in [5.74, 6) is 0.798. The number of nitrogens with one attached hydrogen (secondary N) is 1. The van der Waals surface area contributed by atoms with Gasteiger partial charge in [0.05, 0.1) is 12.7 Å². The highest BCUT2D eigenvalue weighted by Gasteiger charge is 2.14. The second kappa shape index (κ2) is 9.15. The molecule has 0 aromatic heterocycles. The molecule has 1 aromatic rings. The van der Waals surface area contributed by atoms with Crippen LogP contribution in [0.4, 0.5) is 0 Å². The van der Waals surface area contributed by atoms with Gasteiger partial charge in [-0.15, -0.1) is 12.4 Å². The van der Waals surface area contributed by atoms with Crippen molar-refractivity contribution in [3.8, 4) is 5.75 Å². The maximum Gasteiger partial charge on any atom is 0.119 e. The van der Waals surface area contributed by atoms with Crippen LogP contribution in [0, 0.1) is 0 Å². The number of hydrogen-bond acceptors (Lipinski definition) is 4. The summed E-state index contributed by atoms with van der Waals surface area (Å²) in [6, 6.07) is 7.93. The quantitative estimate of drug-likeness (QED) is 0.802. The van der Waals surface area contributed by atoms with Gasteiger partial charge in [0.25, 0.3) is 0 Å². The summed E-state index contributed by atoms with van der Waals surface area (Å²) in [4.78, 5) is 0. The minimum absolute atomic E-state index is 0. The number of aliphatic hydroxyl groups is 1. The molecule has 108 valence electrons. The Hall–Kier alpha value is -0.810. The second-order valence-electron chi connectivity index (χ2n) is 4.48. The van der Waals surface area contributed by atoms with Crippen LogP contribution in [-0.4, -0.2) is 37.6 Å². The first-order valence-electron chi connectivity index (χ1n) is 6.53. The third-order valence-electron chi connectivity index (χ3n) is 3.01. The van der Waals surface area contributed by atoms with Crippen LogP contribution in [0.3, 0.4) is 0 Å². The molecule has 0 radical (unpaired) electrons. The lowest BCUT2D eigenvalue weighted by molar-refractivity contribution is 0.110. The van der Waals surface area contributed by atoms with E-state index in [0.29, 0.717) is 12.7 Å². The lowest BCUT2D eigenvalue weighted by Crippen LogP contribution is -2.25. The predicted octanol–water partition coefficient (Wildman–Crippen LogP) is 1.75. The van der Waals surface area contributed by atoms with Gasteiger partial charge in [-0.05, 0) is 30.5 Å². The molecule has 1 heterocycles. The Bertz CT molecular complexity index is 339. The number of halogens is 1. The number of rotatable bonds is 7. The first kappa shape index (κ1) is 16.2. The van der Waals surface area contributed by atoms with Crippen molar-refractivity contribution in [3.05, 3.63) is 29.8 Å². The molecule has 0 saturated carbocycles. The number of hydrogen-bond donors (Lipinski definition) is 2. The summed E-state index contributed by atoms with van der Waals surface area (Å²) in [6.07, 6.45) is 2.74. The Kier molecular flexibility index (Phi) is 7.82.